The molecular formula is C13H26O4P2S6. The predicted molar refractivity (Wildman–Crippen MR) is 126 cm³/mol. The average molecular weight is 501 g/mol. The monoisotopic (exact) mass is 500 g/mol. The molecule has 12 heteroatoms. The molecule has 0 aliphatic carbocycles. The van der Waals surface area contributed by atoms with Crippen LogP contribution in [0.15, 0.2) is 0 Å². The lowest BCUT2D eigenvalue weighted by atomic mass is 9.93. The SMILES string of the molecule is CSCCCSP1(=S)OCC2(CO1)COP(=S)(SCCCSC)OC2. The van der Waals surface area contributed by atoms with Crippen LogP contribution < -0.4 is 0 Å². The van der Waals surface area contributed by atoms with Gasteiger partial charge in [0.15, 0.2) is 0 Å². The summed E-state index contributed by atoms with van der Waals surface area (Å²) in [6, 6.07) is 0. The van der Waals surface area contributed by atoms with Crippen LogP contribution >= 0.6 is 57.7 Å². The summed E-state index contributed by atoms with van der Waals surface area (Å²) >= 11 is 18.3. The van der Waals surface area contributed by atoms with Crippen molar-refractivity contribution in [3.8, 4) is 0 Å². The zero-order chi connectivity index (χ0) is 18.2. The maximum atomic E-state index is 5.99. The summed E-state index contributed by atoms with van der Waals surface area (Å²) in [6.45, 7) is 2.19. The lowest BCUT2D eigenvalue weighted by molar-refractivity contribution is -0.0485. The molecule has 2 saturated heterocycles. The van der Waals surface area contributed by atoms with Gasteiger partial charge in [-0.25, -0.2) is 0 Å². The van der Waals surface area contributed by atoms with Gasteiger partial charge in [-0.05, 0) is 60.5 Å². The molecule has 2 aliphatic rings. The first-order valence-electron chi connectivity index (χ1n) is 8.00. The van der Waals surface area contributed by atoms with Crippen LogP contribution in [-0.4, -0.2) is 62.0 Å². The van der Waals surface area contributed by atoms with E-state index in [2.05, 4.69) is 12.5 Å². The van der Waals surface area contributed by atoms with E-state index in [0.717, 1.165) is 35.9 Å². The van der Waals surface area contributed by atoms with Gasteiger partial charge in [-0.1, -0.05) is 22.8 Å². The fourth-order valence-electron chi connectivity index (χ4n) is 2.10. The van der Waals surface area contributed by atoms with Crippen LogP contribution in [0.2, 0.25) is 0 Å². The second-order valence-electron chi connectivity index (χ2n) is 5.85. The molecule has 2 rings (SSSR count). The summed E-state index contributed by atoms with van der Waals surface area (Å²) in [7, 11) is 0. The van der Waals surface area contributed by atoms with Crippen molar-refractivity contribution >= 4 is 81.3 Å². The van der Waals surface area contributed by atoms with Gasteiger partial charge in [0.2, 0.25) is 11.4 Å². The van der Waals surface area contributed by atoms with Gasteiger partial charge in [0.1, 0.15) is 0 Å². The van der Waals surface area contributed by atoms with E-state index in [1.165, 1.54) is 0 Å². The van der Waals surface area contributed by atoms with Gasteiger partial charge in [0.05, 0.1) is 31.8 Å². The van der Waals surface area contributed by atoms with Gasteiger partial charge in [-0.15, -0.1) is 0 Å². The molecule has 0 radical (unpaired) electrons. The van der Waals surface area contributed by atoms with E-state index < -0.39 is 11.4 Å². The molecule has 0 aromatic rings. The van der Waals surface area contributed by atoms with Crippen LogP contribution in [0, 0.1) is 5.41 Å². The van der Waals surface area contributed by atoms with E-state index in [1.54, 1.807) is 22.8 Å². The van der Waals surface area contributed by atoms with E-state index in [9.17, 15) is 0 Å². The van der Waals surface area contributed by atoms with E-state index in [4.69, 9.17) is 41.7 Å². The van der Waals surface area contributed by atoms with Gasteiger partial charge in [-0.2, -0.15) is 23.5 Å². The van der Waals surface area contributed by atoms with Crippen LogP contribution in [0.5, 0.6) is 0 Å². The maximum Gasteiger partial charge on any atom is 0.247 e. The molecule has 2 aliphatic heterocycles. The van der Waals surface area contributed by atoms with Crippen molar-refractivity contribution in [1.82, 2.24) is 0 Å². The average Bonchev–Trinajstić information content (AvgIpc) is 2.62. The molecule has 0 aromatic carbocycles. The third kappa shape index (κ3) is 8.06. The first kappa shape index (κ1) is 23.8. The minimum absolute atomic E-state index is 0.246. The zero-order valence-corrected chi connectivity index (χ0v) is 21.2. The Morgan fingerprint density at radius 2 is 1.08 bits per heavy atom. The van der Waals surface area contributed by atoms with E-state index in [-0.39, 0.29) is 5.41 Å². The van der Waals surface area contributed by atoms with Crippen LogP contribution in [0.25, 0.3) is 0 Å². The number of rotatable bonds is 10. The Kier molecular flexibility index (Phi) is 11.1. The minimum atomic E-state index is -2.20. The Labute approximate surface area is 178 Å². The van der Waals surface area contributed by atoms with Crippen molar-refractivity contribution < 1.29 is 18.1 Å². The molecule has 2 heterocycles. The molecule has 0 amide bonds. The van der Waals surface area contributed by atoms with Crippen LogP contribution in [0.4, 0.5) is 0 Å². The van der Waals surface area contributed by atoms with Crippen LogP contribution in [0.1, 0.15) is 12.8 Å². The summed E-state index contributed by atoms with van der Waals surface area (Å²) in [6.07, 6.45) is 6.50. The highest BCUT2D eigenvalue weighted by Crippen LogP contribution is 2.68. The maximum absolute atomic E-state index is 5.99. The Morgan fingerprint density at radius 3 is 1.40 bits per heavy atom. The highest BCUT2D eigenvalue weighted by Gasteiger charge is 2.46. The molecular weight excluding hydrogens is 474 g/mol. The zero-order valence-electron chi connectivity index (χ0n) is 14.5. The number of hydrogen-bond acceptors (Lipinski definition) is 10. The molecule has 0 saturated carbocycles. The fraction of sp³-hybridized carbons (Fsp3) is 1.00. The molecule has 148 valence electrons. The van der Waals surface area contributed by atoms with E-state index in [0.29, 0.717) is 26.4 Å². The standard InChI is InChI=1S/C13H26O4P2S6/c1-22-5-3-7-24-18(20)14-9-13(10-15-18)11-16-19(21,17-12-13)25-8-4-6-23-2/h3-12H2,1-2H3. The quantitative estimate of drug-likeness (QED) is 0.284. The summed E-state index contributed by atoms with van der Waals surface area (Å²) in [5.74, 6) is 4.28. The van der Waals surface area contributed by atoms with Gasteiger partial charge < -0.3 is 18.1 Å². The molecule has 0 N–H and O–H groups in total. The van der Waals surface area contributed by atoms with Crippen LogP contribution in [0.3, 0.4) is 0 Å². The third-order valence-electron chi connectivity index (χ3n) is 3.60. The molecule has 2 fully saturated rings. The minimum Gasteiger partial charge on any atom is -0.321 e. The second kappa shape index (κ2) is 11.7. The highest BCUT2D eigenvalue weighted by molar-refractivity contribution is 8.68. The van der Waals surface area contributed by atoms with Crippen molar-refractivity contribution in [2.75, 3.05) is 62.0 Å². The third-order valence-corrected chi connectivity index (χ3v) is 15.8. The highest BCUT2D eigenvalue weighted by atomic mass is 32.9. The lowest BCUT2D eigenvalue weighted by Gasteiger charge is -2.44. The fourth-order valence-corrected chi connectivity index (χ4v) is 12.1. The lowest BCUT2D eigenvalue weighted by Crippen LogP contribution is -2.45. The van der Waals surface area contributed by atoms with Crippen molar-refractivity contribution in [2.24, 2.45) is 5.41 Å². The van der Waals surface area contributed by atoms with Crippen molar-refractivity contribution in [3.63, 3.8) is 0 Å². The summed E-state index contributed by atoms with van der Waals surface area (Å²) in [4.78, 5) is 0. The van der Waals surface area contributed by atoms with Gasteiger partial charge >= 0.3 is 0 Å². The van der Waals surface area contributed by atoms with Gasteiger partial charge in [0.25, 0.3) is 0 Å². The van der Waals surface area contributed by atoms with E-state index >= 15 is 0 Å². The second-order valence-corrected chi connectivity index (χ2v) is 20.7. The van der Waals surface area contributed by atoms with Crippen LogP contribution in [-0.2, 0) is 41.7 Å². The summed E-state index contributed by atoms with van der Waals surface area (Å²) in [5, 5.41) is 0. The Morgan fingerprint density at radius 1 is 0.720 bits per heavy atom. The Bertz CT molecular complexity index is 437. The van der Waals surface area contributed by atoms with Crippen molar-refractivity contribution in [1.29, 1.82) is 0 Å². The largest absolute Gasteiger partial charge is 0.321 e. The predicted octanol–water partition coefficient (Wildman–Crippen LogP) is 5.49. The molecule has 0 atom stereocenters. The summed E-state index contributed by atoms with van der Waals surface area (Å²) in [5.41, 5.74) is -4.64. The first-order chi connectivity index (χ1) is 11.9. The molecule has 4 nitrogen and oxygen atoms in total. The van der Waals surface area contributed by atoms with E-state index in [1.807, 2.05) is 23.5 Å². The van der Waals surface area contributed by atoms with Gasteiger partial charge in [0, 0.05) is 11.5 Å². The smallest absolute Gasteiger partial charge is 0.247 e. The Hall–Kier alpha value is 2.54. The topological polar surface area (TPSA) is 36.9 Å². The first-order valence-corrected chi connectivity index (χ1v) is 19.2. The Balaban J connectivity index is 1.73. The number of thioether (sulfide) groups is 2. The van der Waals surface area contributed by atoms with Gasteiger partial charge in [-0.3, -0.25) is 0 Å². The molecule has 0 aromatic heterocycles. The molecule has 25 heavy (non-hydrogen) atoms. The normalized spacial score (nSPS) is 35.9. The van der Waals surface area contributed by atoms with Crippen molar-refractivity contribution in [2.45, 2.75) is 12.8 Å². The summed E-state index contributed by atoms with van der Waals surface area (Å²) < 4.78 is 24.0. The molecule has 0 unspecified atom stereocenters. The molecule has 0 bridgehead atoms. The molecule has 1 spiro atoms. The van der Waals surface area contributed by atoms with Crippen molar-refractivity contribution in [3.05, 3.63) is 0 Å². The number of hydrogen-bond donors (Lipinski definition) is 0.